The molecule has 0 unspecified atom stereocenters. The molecule has 2 aromatic heterocycles. The molecule has 0 radical (unpaired) electrons. The molecule has 0 N–H and O–H groups in total. The summed E-state index contributed by atoms with van der Waals surface area (Å²) in [5.74, 6) is -1.63. The number of ether oxygens (including phenoxy) is 2. The SMILES string of the molecule is CC[C@@]1(OC(=O)N(C)/N=N/c2cc3c4c(cccc4c2)C(=O)N(CCN(C)C)C3=O)C(=O)OCc2c1cc1n(c2=O)Cc2cc3ccccc3nc2-1. The number of likely N-dealkylation sites (N-methyl/N-ethyl adjacent to an activating group) is 1. The molecule has 3 aromatic carbocycles. The third-order valence-electron chi connectivity index (χ3n) is 9.89. The fourth-order valence-corrected chi connectivity index (χ4v) is 7.16. The summed E-state index contributed by atoms with van der Waals surface area (Å²) in [6.07, 6.45) is -1.06. The van der Waals surface area contributed by atoms with Gasteiger partial charge in [-0.15, -0.1) is 5.11 Å². The molecule has 0 saturated heterocycles. The number of hydrogen-bond donors (Lipinski definition) is 0. The third-order valence-corrected chi connectivity index (χ3v) is 9.89. The molecule has 52 heavy (non-hydrogen) atoms. The minimum atomic E-state index is -1.94. The van der Waals surface area contributed by atoms with Crippen LogP contribution in [0.15, 0.2) is 81.9 Å². The Bertz CT molecular complexity index is 2490. The van der Waals surface area contributed by atoms with Gasteiger partial charge in [-0.3, -0.25) is 19.3 Å². The Hall–Kier alpha value is -6.28. The van der Waals surface area contributed by atoms with Crippen LogP contribution < -0.4 is 5.56 Å². The number of nitrogens with zero attached hydrogens (tertiary/aromatic N) is 7. The lowest BCUT2D eigenvalue weighted by atomic mass is 9.85. The molecule has 3 aliphatic rings. The molecule has 5 heterocycles. The lowest BCUT2D eigenvalue weighted by molar-refractivity contribution is -0.173. The van der Waals surface area contributed by atoms with Crippen LogP contribution in [-0.4, -0.2) is 82.5 Å². The standard InChI is InChI=1S/C38H33N7O7/c1-5-38(28-18-30-32-23(15-21-9-6-7-12-29(21)39-32)19-45(30)35(48)27(28)20-51-36(38)49)52-37(50)43(4)41-40-24-16-22-10-8-11-25-31(22)26(17-24)34(47)44(33(25)46)14-13-42(2)3/h6-12,15-18H,5,13-14,19-20H2,1-4H3/b41-40+/t38-/m0/s1. The van der Waals surface area contributed by atoms with Crippen molar-refractivity contribution in [1.29, 1.82) is 0 Å². The summed E-state index contributed by atoms with van der Waals surface area (Å²) >= 11 is 0. The van der Waals surface area contributed by atoms with Gasteiger partial charge in [0.25, 0.3) is 17.4 Å². The van der Waals surface area contributed by atoms with Gasteiger partial charge < -0.3 is 18.9 Å². The number of esters is 1. The van der Waals surface area contributed by atoms with Gasteiger partial charge in [-0.1, -0.05) is 42.5 Å². The van der Waals surface area contributed by atoms with Crippen molar-refractivity contribution < 1.29 is 28.7 Å². The number of carbonyl (C=O) groups is 4. The Morgan fingerprint density at radius 3 is 2.52 bits per heavy atom. The van der Waals surface area contributed by atoms with Crippen LogP contribution in [0, 0.1) is 0 Å². The van der Waals surface area contributed by atoms with Crippen LogP contribution in [0.1, 0.15) is 50.8 Å². The van der Waals surface area contributed by atoms with Gasteiger partial charge in [-0.05, 0) is 62.3 Å². The fraction of sp³-hybridized carbons (Fsp3) is 0.263. The van der Waals surface area contributed by atoms with Crippen LogP contribution in [0.4, 0.5) is 10.5 Å². The average molecular weight is 700 g/mol. The molecule has 0 saturated carbocycles. The fourth-order valence-electron chi connectivity index (χ4n) is 7.16. The van der Waals surface area contributed by atoms with Crippen molar-refractivity contribution in [2.24, 2.45) is 10.3 Å². The van der Waals surface area contributed by atoms with Crippen LogP contribution in [-0.2, 0) is 33.0 Å². The van der Waals surface area contributed by atoms with Crippen LogP contribution in [0.5, 0.6) is 0 Å². The zero-order valence-corrected chi connectivity index (χ0v) is 28.9. The highest BCUT2D eigenvalue weighted by Gasteiger charge is 2.51. The van der Waals surface area contributed by atoms with E-state index in [2.05, 4.69) is 10.3 Å². The molecule has 262 valence electrons. The summed E-state index contributed by atoms with van der Waals surface area (Å²) < 4.78 is 13.0. The van der Waals surface area contributed by atoms with Gasteiger partial charge in [0.2, 0.25) is 5.60 Å². The van der Waals surface area contributed by atoms with E-state index in [9.17, 15) is 24.0 Å². The number of fused-ring (bicyclic) bond motifs is 5. The second-order valence-electron chi connectivity index (χ2n) is 13.3. The van der Waals surface area contributed by atoms with E-state index < -0.39 is 23.6 Å². The van der Waals surface area contributed by atoms with E-state index in [-0.39, 0.29) is 47.9 Å². The Morgan fingerprint density at radius 2 is 1.73 bits per heavy atom. The lowest BCUT2D eigenvalue weighted by Crippen LogP contribution is -2.48. The van der Waals surface area contributed by atoms with E-state index in [4.69, 9.17) is 14.5 Å². The maximum Gasteiger partial charge on any atom is 0.432 e. The molecular formula is C38H33N7O7. The van der Waals surface area contributed by atoms with Crippen LogP contribution >= 0.6 is 0 Å². The van der Waals surface area contributed by atoms with E-state index in [1.54, 1.807) is 41.8 Å². The van der Waals surface area contributed by atoms with Gasteiger partial charge in [-0.25, -0.2) is 14.6 Å². The maximum absolute atomic E-state index is 13.9. The topological polar surface area (TPSA) is 156 Å². The van der Waals surface area contributed by atoms with Crippen molar-refractivity contribution >= 4 is 51.2 Å². The van der Waals surface area contributed by atoms with Crippen molar-refractivity contribution in [1.82, 2.24) is 24.4 Å². The number of aromatic nitrogens is 2. The maximum atomic E-state index is 13.9. The largest absolute Gasteiger partial charge is 0.457 e. The van der Waals surface area contributed by atoms with E-state index >= 15 is 0 Å². The predicted octanol–water partition coefficient (Wildman–Crippen LogP) is 5.17. The highest BCUT2D eigenvalue weighted by molar-refractivity contribution is 6.25. The summed E-state index contributed by atoms with van der Waals surface area (Å²) in [6.45, 7) is 2.40. The molecule has 0 fully saturated rings. The highest BCUT2D eigenvalue weighted by Crippen LogP contribution is 2.41. The molecule has 14 nitrogen and oxygen atoms in total. The van der Waals surface area contributed by atoms with Gasteiger partial charge in [0, 0.05) is 47.6 Å². The van der Waals surface area contributed by atoms with E-state index in [0.717, 1.165) is 21.5 Å². The number of amides is 3. The quantitative estimate of drug-likeness (QED) is 0.0950. The minimum Gasteiger partial charge on any atom is -0.457 e. The van der Waals surface area contributed by atoms with Crippen molar-refractivity contribution in [3.63, 3.8) is 0 Å². The molecule has 1 atom stereocenters. The zero-order chi connectivity index (χ0) is 36.5. The molecule has 0 aliphatic carbocycles. The predicted molar refractivity (Wildman–Crippen MR) is 189 cm³/mol. The molecule has 3 aliphatic heterocycles. The molecule has 5 aromatic rings. The lowest BCUT2D eigenvalue weighted by Gasteiger charge is -2.35. The van der Waals surface area contributed by atoms with Crippen LogP contribution in [0.2, 0.25) is 0 Å². The molecule has 0 bridgehead atoms. The number of rotatable bonds is 7. The average Bonchev–Trinajstić information content (AvgIpc) is 3.50. The first-order valence-corrected chi connectivity index (χ1v) is 16.8. The molecule has 0 spiro atoms. The Labute approximate surface area is 296 Å². The monoisotopic (exact) mass is 699 g/mol. The second-order valence-corrected chi connectivity index (χ2v) is 13.3. The second kappa shape index (κ2) is 12.2. The van der Waals surface area contributed by atoms with E-state index in [0.29, 0.717) is 46.4 Å². The Balaban J connectivity index is 1.11. The summed E-state index contributed by atoms with van der Waals surface area (Å²) in [5, 5.41) is 11.2. The highest BCUT2D eigenvalue weighted by atomic mass is 16.6. The summed E-state index contributed by atoms with van der Waals surface area (Å²) in [5.41, 5.74) is 1.86. The number of hydrogen-bond acceptors (Lipinski definition) is 11. The van der Waals surface area contributed by atoms with Gasteiger partial charge in [0.05, 0.1) is 40.3 Å². The van der Waals surface area contributed by atoms with Crippen molar-refractivity contribution in [3.05, 3.63) is 105 Å². The van der Waals surface area contributed by atoms with Gasteiger partial charge >= 0.3 is 12.1 Å². The molecule has 14 heteroatoms. The summed E-state index contributed by atoms with van der Waals surface area (Å²) in [6, 6.07) is 19.7. The number of imide groups is 1. The Morgan fingerprint density at radius 1 is 0.962 bits per heavy atom. The number of pyridine rings is 2. The van der Waals surface area contributed by atoms with Crippen LogP contribution in [0.3, 0.4) is 0 Å². The minimum absolute atomic E-state index is 0.0298. The van der Waals surface area contributed by atoms with Gasteiger partial charge in [0.1, 0.15) is 6.61 Å². The number of para-hydroxylation sites is 1. The third kappa shape index (κ3) is 5.05. The summed E-state index contributed by atoms with van der Waals surface area (Å²) in [7, 11) is 5.02. The number of benzene rings is 3. The van der Waals surface area contributed by atoms with Crippen molar-refractivity contribution in [2.45, 2.75) is 32.1 Å². The number of carbonyl (C=O) groups excluding carboxylic acids is 4. The van der Waals surface area contributed by atoms with Crippen molar-refractivity contribution in [2.75, 3.05) is 34.2 Å². The first-order valence-electron chi connectivity index (χ1n) is 16.8. The molecular weight excluding hydrogens is 666 g/mol. The van der Waals surface area contributed by atoms with Crippen LogP contribution in [0.25, 0.3) is 33.1 Å². The van der Waals surface area contributed by atoms with E-state index in [1.807, 2.05) is 49.3 Å². The van der Waals surface area contributed by atoms with Crippen molar-refractivity contribution in [3.8, 4) is 11.4 Å². The first-order chi connectivity index (χ1) is 25.0. The zero-order valence-electron chi connectivity index (χ0n) is 28.9. The van der Waals surface area contributed by atoms with Gasteiger partial charge in [-0.2, -0.15) is 5.01 Å². The smallest absolute Gasteiger partial charge is 0.432 e. The Kier molecular flexibility index (Phi) is 7.72. The number of cyclic esters (lactones) is 1. The van der Waals surface area contributed by atoms with E-state index in [1.165, 1.54) is 18.0 Å². The summed E-state index contributed by atoms with van der Waals surface area (Å²) in [4.78, 5) is 75.7. The molecule has 3 amide bonds. The first kappa shape index (κ1) is 32.9. The van der Waals surface area contributed by atoms with Gasteiger partial charge in [0.15, 0.2) is 0 Å². The molecule has 8 rings (SSSR count). The normalized spacial score (nSPS) is 17.5.